The van der Waals surface area contributed by atoms with Crippen molar-refractivity contribution in [1.29, 1.82) is 0 Å². The summed E-state index contributed by atoms with van der Waals surface area (Å²) in [7, 11) is 0. The highest BCUT2D eigenvalue weighted by molar-refractivity contribution is 5.90. The molecule has 0 aromatic heterocycles. The van der Waals surface area contributed by atoms with Gasteiger partial charge in [0.25, 0.3) is 0 Å². The molecule has 2 rings (SSSR count). The van der Waals surface area contributed by atoms with Crippen molar-refractivity contribution in [2.24, 2.45) is 0 Å². The van der Waals surface area contributed by atoms with Crippen LogP contribution < -0.4 is 0 Å². The van der Waals surface area contributed by atoms with Gasteiger partial charge in [0.05, 0.1) is 18.8 Å². The number of allylic oxidation sites excluding steroid dienone is 1. The molecule has 0 bridgehead atoms. The first kappa shape index (κ1) is 7.80. The van der Waals surface area contributed by atoms with E-state index in [0.29, 0.717) is 6.42 Å². The maximum absolute atomic E-state index is 11.1. The number of rotatable bonds is 0. The van der Waals surface area contributed by atoms with Crippen molar-refractivity contribution in [1.82, 2.24) is 0 Å². The Bertz CT molecular complexity index is 234. The smallest absolute Gasteiger partial charge is 0.217 e. The van der Waals surface area contributed by atoms with Crippen LogP contribution in [0, 0.1) is 0 Å². The molecule has 0 aliphatic carbocycles. The van der Waals surface area contributed by atoms with E-state index >= 15 is 0 Å². The summed E-state index contributed by atoms with van der Waals surface area (Å²) in [6, 6.07) is 0. The van der Waals surface area contributed by atoms with Crippen molar-refractivity contribution in [2.75, 3.05) is 0 Å². The second-order valence-corrected chi connectivity index (χ2v) is 3.44. The van der Waals surface area contributed by atoms with Gasteiger partial charge in [-0.3, -0.25) is 4.79 Å². The van der Waals surface area contributed by atoms with Crippen LogP contribution in [-0.4, -0.2) is 17.7 Å². The fraction of sp³-hybridized carbons (Fsp3) is 0.667. The highest BCUT2D eigenvalue weighted by Gasteiger charge is 2.42. The van der Waals surface area contributed by atoms with Crippen molar-refractivity contribution >= 4 is 5.78 Å². The van der Waals surface area contributed by atoms with E-state index in [1.807, 2.05) is 6.92 Å². The lowest BCUT2D eigenvalue weighted by Gasteiger charge is -2.29. The standard InChI is InChI=1S/C9H12O3/c1-7-2-4-9(12-7)6-8(10)3-5-11-9/h3,5,7H,2,4,6H2,1H3. The van der Waals surface area contributed by atoms with Crippen molar-refractivity contribution in [2.45, 2.75) is 38.1 Å². The van der Waals surface area contributed by atoms with Crippen molar-refractivity contribution < 1.29 is 14.3 Å². The van der Waals surface area contributed by atoms with Gasteiger partial charge in [0.2, 0.25) is 5.79 Å². The number of ketones is 1. The van der Waals surface area contributed by atoms with Crippen LogP contribution in [0.15, 0.2) is 12.3 Å². The quantitative estimate of drug-likeness (QED) is 0.548. The molecule has 0 aromatic rings. The van der Waals surface area contributed by atoms with Gasteiger partial charge in [0.1, 0.15) is 0 Å². The van der Waals surface area contributed by atoms with Gasteiger partial charge in [-0.1, -0.05) is 0 Å². The Morgan fingerprint density at radius 1 is 1.67 bits per heavy atom. The van der Waals surface area contributed by atoms with E-state index in [1.54, 1.807) is 0 Å². The van der Waals surface area contributed by atoms with E-state index in [4.69, 9.17) is 9.47 Å². The third-order valence-electron chi connectivity index (χ3n) is 2.33. The summed E-state index contributed by atoms with van der Waals surface area (Å²) in [4.78, 5) is 11.1. The van der Waals surface area contributed by atoms with Crippen molar-refractivity contribution in [3.05, 3.63) is 12.3 Å². The Kier molecular flexibility index (Phi) is 1.68. The Labute approximate surface area is 71.3 Å². The van der Waals surface area contributed by atoms with Gasteiger partial charge in [0.15, 0.2) is 5.78 Å². The van der Waals surface area contributed by atoms with Crippen LogP contribution in [0.5, 0.6) is 0 Å². The molecular weight excluding hydrogens is 156 g/mol. The zero-order valence-electron chi connectivity index (χ0n) is 7.08. The van der Waals surface area contributed by atoms with Crippen LogP contribution in [0.4, 0.5) is 0 Å². The molecule has 0 saturated carbocycles. The lowest BCUT2D eigenvalue weighted by atomic mass is 10.0. The predicted molar refractivity (Wildman–Crippen MR) is 42.4 cm³/mol. The second-order valence-electron chi connectivity index (χ2n) is 3.44. The number of ether oxygens (including phenoxy) is 2. The molecule has 0 aromatic carbocycles. The van der Waals surface area contributed by atoms with Gasteiger partial charge in [-0.15, -0.1) is 0 Å². The molecule has 0 radical (unpaired) electrons. The summed E-state index contributed by atoms with van der Waals surface area (Å²) < 4.78 is 10.9. The number of hydrogen-bond donors (Lipinski definition) is 0. The number of hydrogen-bond acceptors (Lipinski definition) is 3. The monoisotopic (exact) mass is 168 g/mol. The van der Waals surface area contributed by atoms with E-state index in [1.165, 1.54) is 12.3 Å². The van der Waals surface area contributed by atoms with Crippen LogP contribution in [-0.2, 0) is 14.3 Å². The molecule has 2 aliphatic heterocycles. The van der Waals surface area contributed by atoms with E-state index < -0.39 is 5.79 Å². The summed E-state index contributed by atoms with van der Waals surface area (Å²) in [5.74, 6) is -0.527. The van der Waals surface area contributed by atoms with Gasteiger partial charge in [-0.05, 0) is 13.3 Å². The first-order valence-corrected chi connectivity index (χ1v) is 4.25. The normalized spacial score (nSPS) is 40.4. The zero-order chi connectivity index (χ0) is 8.60. The summed E-state index contributed by atoms with van der Waals surface area (Å²) in [6.45, 7) is 2.00. The Balaban J connectivity index is 2.13. The van der Waals surface area contributed by atoms with E-state index in [0.717, 1.165) is 12.8 Å². The average Bonchev–Trinajstić information content (AvgIpc) is 2.32. The molecule has 1 saturated heterocycles. The molecule has 1 spiro atoms. The zero-order valence-corrected chi connectivity index (χ0v) is 7.08. The highest BCUT2D eigenvalue weighted by atomic mass is 16.7. The van der Waals surface area contributed by atoms with Gasteiger partial charge in [-0.2, -0.15) is 0 Å². The minimum Gasteiger partial charge on any atom is -0.469 e. The average molecular weight is 168 g/mol. The summed E-state index contributed by atoms with van der Waals surface area (Å²) in [5.41, 5.74) is 0. The third kappa shape index (κ3) is 1.25. The maximum atomic E-state index is 11.1. The van der Waals surface area contributed by atoms with Gasteiger partial charge in [-0.25, -0.2) is 0 Å². The van der Waals surface area contributed by atoms with Crippen LogP contribution in [0.1, 0.15) is 26.2 Å². The van der Waals surface area contributed by atoms with Crippen molar-refractivity contribution in [3.63, 3.8) is 0 Å². The minimum absolute atomic E-state index is 0.0929. The molecule has 1 fully saturated rings. The van der Waals surface area contributed by atoms with Crippen molar-refractivity contribution in [3.8, 4) is 0 Å². The maximum Gasteiger partial charge on any atom is 0.217 e. The number of carbonyl (C=O) groups is 1. The fourth-order valence-electron chi connectivity index (χ4n) is 1.72. The topological polar surface area (TPSA) is 35.5 Å². The summed E-state index contributed by atoms with van der Waals surface area (Å²) in [6.07, 6.45) is 5.28. The molecule has 3 heteroatoms. The number of carbonyl (C=O) groups excluding carboxylic acids is 1. The first-order valence-electron chi connectivity index (χ1n) is 4.25. The Morgan fingerprint density at radius 3 is 3.08 bits per heavy atom. The molecule has 66 valence electrons. The lowest BCUT2D eigenvalue weighted by Crippen LogP contribution is -2.35. The van der Waals surface area contributed by atoms with Crippen LogP contribution in [0.2, 0.25) is 0 Å². The predicted octanol–water partition coefficient (Wildman–Crippen LogP) is 1.38. The third-order valence-corrected chi connectivity index (χ3v) is 2.33. The van der Waals surface area contributed by atoms with E-state index in [2.05, 4.69) is 0 Å². The Morgan fingerprint density at radius 2 is 2.50 bits per heavy atom. The largest absolute Gasteiger partial charge is 0.469 e. The molecule has 12 heavy (non-hydrogen) atoms. The SMILES string of the molecule is CC1CCC2(CC(=O)C=CO2)O1. The fourth-order valence-corrected chi connectivity index (χ4v) is 1.72. The molecule has 0 N–H and O–H groups in total. The lowest BCUT2D eigenvalue weighted by molar-refractivity contribution is -0.201. The summed E-state index contributed by atoms with van der Waals surface area (Å²) >= 11 is 0. The first-order chi connectivity index (χ1) is 5.70. The van der Waals surface area contributed by atoms with Gasteiger partial charge in [0, 0.05) is 12.5 Å². The molecule has 2 unspecified atom stereocenters. The van der Waals surface area contributed by atoms with Crippen LogP contribution in [0.3, 0.4) is 0 Å². The molecule has 2 atom stereocenters. The minimum atomic E-state index is -0.620. The highest BCUT2D eigenvalue weighted by Crippen LogP contribution is 2.36. The Hall–Kier alpha value is -0.830. The van der Waals surface area contributed by atoms with Gasteiger partial charge >= 0.3 is 0 Å². The molecular formula is C9H12O3. The second kappa shape index (κ2) is 2.59. The van der Waals surface area contributed by atoms with E-state index in [9.17, 15) is 4.79 Å². The van der Waals surface area contributed by atoms with Crippen LogP contribution in [0.25, 0.3) is 0 Å². The van der Waals surface area contributed by atoms with Crippen LogP contribution >= 0.6 is 0 Å². The molecule has 3 nitrogen and oxygen atoms in total. The summed E-state index contributed by atoms with van der Waals surface area (Å²) in [5, 5.41) is 0. The molecule has 2 heterocycles. The molecule has 0 amide bonds. The van der Waals surface area contributed by atoms with Gasteiger partial charge < -0.3 is 9.47 Å². The van der Waals surface area contributed by atoms with E-state index in [-0.39, 0.29) is 11.9 Å². The molecule has 2 aliphatic rings.